The van der Waals surface area contributed by atoms with Crippen LogP contribution in [0.15, 0.2) is 0 Å². The van der Waals surface area contributed by atoms with Crippen molar-refractivity contribution in [3.05, 3.63) is 0 Å². The normalized spacial score (nSPS) is 13.8. The van der Waals surface area contributed by atoms with Gasteiger partial charge in [-0.05, 0) is 11.6 Å². The summed E-state index contributed by atoms with van der Waals surface area (Å²) in [4.78, 5) is 0. The standard InChI is InChI=1S/C4H4ClF5/c5-3(6,7)1-2-4(8,9)10/h1-2H2. The number of rotatable bonds is 2. The summed E-state index contributed by atoms with van der Waals surface area (Å²) < 4.78 is 56.6. The molecule has 0 saturated carbocycles. The van der Waals surface area contributed by atoms with Crippen LogP contribution in [-0.2, 0) is 0 Å². The largest absolute Gasteiger partial charge is 0.389 e. The summed E-state index contributed by atoms with van der Waals surface area (Å²) in [6.07, 6.45) is -7.47. The Morgan fingerprint density at radius 3 is 1.40 bits per heavy atom. The molecular formula is C4H4ClF5. The van der Waals surface area contributed by atoms with Crippen molar-refractivity contribution in [1.82, 2.24) is 0 Å². The molecule has 0 amide bonds. The Kier molecular flexibility index (Phi) is 2.88. The predicted octanol–water partition coefficient (Wildman–Crippen LogP) is 3.16. The lowest BCUT2D eigenvalue weighted by atomic mass is 10.3. The van der Waals surface area contributed by atoms with Gasteiger partial charge >= 0.3 is 11.6 Å². The first-order valence-corrected chi connectivity index (χ1v) is 2.72. The fraction of sp³-hybridized carbons (Fsp3) is 1.00. The van der Waals surface area contributed by atoms with Gasteiger partial charge in [0.15, 0.2) is 0 Å². The maximum absolute atomic E-state index is 11.5. The fourth-order valence-corrected chi connectivity index (χ4v) is 0.378. The van der Waals surface area contributed by atoms with E-state index in [4.69, 9.17) is 0 Å². The van der Waals surface area contributed by atoms with Crippen molar-refractivity contribution in [2.75, 3.05) is 0 Å². The van der Waals surface area contributed by atoms with E-state index in [0.717, 1.165) is 0 Å². The lowest BCUT2D eigenvalue weighted by molar-refractivity contribution is -0.143. The Balaban J connectivity index is 3.56. The summed E-state index contributed by atoms with van der Waals surface area (Å²) in [6.45, 7) is 0. The molecule has 0 aliphatic rings. The van der Waals surface area contributed by atoms with Crippen LogP contribution in [-0.4, -0.2) is 11.6 Å². The maximum atomic E-state index is 11.5. The third kappa shape index (κ3) is 7.94. The molecule has 6 heteroatoms. The highest BCUT2D eigenvalue weighted by molar-refractivity contribution is 6.21. The maximum Gasteiger partial charge on any atom is 0.389 e. The minimum atomic E-state index is -4.56. The molecule has 0 atom stereocenters. The third-order valence-electron chi connectivity index (χ3n) is 0.692. The van der Waals surface area contributed by atoms with Crippen LogP contribution >= 0.6 is 11.6 Å². The SMILES string of the molecule is FC(F)(F)CCC(F)(F)Cl. The van der Waals surface area contributed by atoms with Gasteiger partial charge in [-0.1, -0.05) is 0 Å². The van der Waals surface area contributed by atoms with Gasteiger partial charge in [0.05, 0.1) is 6.42 Å². The molecule has 0 aromatic carbocycles. The Morgan fingerprint density at radius 1 is 0.900 bits per heavy atom. The van der Waals surface area contributed by atoms with Gasteiger partial charge in [-0.3, -0.25) is 0 Å². The van der Waals surface area contributed by atoms with Gasteiger partial charge in [-0.2, -0.15) is 22.0 Å². The van der Waals surface area contributed by atoms with Gasteiger partial charge in [0.25, 0.3) is 0 Å². The Hall–Kier alpha value is -0.0600. The highest BCUT2D eigenvalue weighted by atomic mass is 35.5. The van der Waals surface area contributed by atoms with Gasteiger partial charge in [0.2, 0.25) is 0 Å². The van der Waals surface area contributed by atoms with Gasteiger partial charge in [0.1, 0.15) is 0 Å². The molecule has 0 heterocycles. The van der Waals surface area contributed by atoms with Crippen molar-refractivity contribution in [3.63, 3.8) is 0 Å². The molecule has 0 N–H and O–H groups in total. The van der Waals surface area contributed by atoms with Gasteiger partial charge in [-0.15, -0.1) is 0 Å². The second-order valence-corrected chi connectivity index (χ2v) is 2.28. The second kappa shape index (κ2) is 2.90. The van der Waals surface area contributed by atoms with E-state index in [0.29, 0.717) is 0 Å². The van der Waals surface area contributed by atoms with Gasteiger partial charge in [-0.25, -0.2) is 0 Å². The van der Waals surface area contributed by atoms with E-state index in [2.05, 4.69) is 11.6 Å². The van der Waals surface area contributed by atoms with Crippen LogP contribution in [0.2, 0.25) is 0 Å². The zero-order valence-corrected chi connectivity index (χ0v) is 5.44. The zero-order chi connectivity index (χ0) is 8.41. The molecule has 0 fully saturated rings. The molecule has 0 aliphatic heterocycles. The number of alkyl halides is 6. The van der Waals surface area contributed by atoms with Crippen molar-refractivity contribution < 1.29 is 22.0 Å². The van der Waals surface area contributed by atoms with Crippen molar-refractivity contribution in [3.8, 4) is 0 Å². The van der Waals surface area contributed by atoms with Crippen LogP contribution in [0.4, 0.5) is 22.0 Å². The lowest BCUT2D eigenvalue weighted by Crippen LogP contribution is -2.14. The van der Waals surface area contributed by atoms with Crippen LogP contribution in [0, 0.1) is 0 Å². The van der Waals surface area contributed by atoms with E-state index in [1.54, 1.807) is 0 Å². The first kappa shape index (κ1) is 9.94. The molecule has 0 aliphatic carbocycles. The molecule has 0 saturated heterocycles. The molecule has 0 unspecified atom stereocenters. The van der Waals surface area contributed by atoms with E-state index in [9.17, 15) is 22.0 Å². The summed E-state index contributed by atoms with van der Waals surface area (Å²) in [5.74, 6) is 0. The highest BCUT2D eigenvalue weighted by Gasteiger charge is 2.34. The van der Waals surface area contributed by atoms with Crippen molar-refractivity contribution >= 4 is 11.6 Å². The van der Waals surface area contributed by atoms with E-state index in [1.165, 1.54) is 0 Å². The average molecular weight is 183 g/mol. The monoisotopic (exact) mass is 182 g/mol. The van der Waals surface area contributed by atoms with E-state index in [1.807, 2.05) is 0 Å². The molecule has 0 aromatic heterocycles. The Labute approximate surface area is 59.0 Å². The average Bonchev–Trinajstić information content (AvgIpc) is 1.57. The number of halogens is 6. The molecule has 0 nitrogen and oxygen atoms in total. The summed E-state index contributed by atoms with van der Waals surface area (Å²) in [5.41, 5.74) is 0. The van der Waals surface area contributed by atoms with Crippen LogP contribution in [0.3, 0.4) is 0 Å². The predicted molar refractivity (Wildman–Crippen MR) is 26.1 cm³/mol. The summed E-state index contributed by atoms with van der Waals surface area (Å²) in [6, 6.07) is 0. The van der Waals surface area contributed by atoms with Gasteiger partial charge in [0, 0.05) is 6.42 Å². The van der Waals surface area contributed by atoms with Crippen LogP contribution < -0.4 is 0 Å². The second-order valence-electron chi connectivity index (χ2n) is 1.73. The molecule has 0 rings (SSSR count). The van der Waals surface area contributed by atoms with E-state index < -0.39 is 24.4 Å². The molecule has 0 radical (unpaired) electrons. The van der Waals surface area contributed by atoms with Crippen molar-refractivity contribution in [1.29, 1.82) is 0 Å². The number of hydrogen-bond acceptors (Lipinski definition) is 0. The first-order chi connectivity index (χ1) is 4.21. The summed E-state index contributed by atoms with van der Waals surface area (Å²) >= 11 is 4.21. The third-order valence-corrected chi connectivity index (χ3v) is 0.881. The molecular weight excluding hydrogens is 178 g/mol. The van der Waals surface area contributed by atoms with Crippen LogP contribution in [0.5, 0.6) is 0 Å². The zero-order valence-electron chi connectivity index (χ0n) is 4.68. The smallest absolute Gasteiger partial charge is 0.188 e. The van der Waals surface area contributed by atoms with E-state index in [-0.39, 0.29) is 0 Å². The lowest BCUT2D eigenvalue weighted by Gasteiger charge is -2.09. The summed E-state index contributed by atoms with van der Waals surface area (Å²) in [5, 5.41) is -3.74. The minimum Gasteiger partial charge on any atom is -0.188 e. The van der Waals surface area contributed by atoms with Gasteiger partial charge < -0.3 is 0 Å². The molecule has 10 heavy (non-hydrogen) atoms. The van der Waals surface area contributed by atoms with E-state index >= 15 is 0 Å². The molecule has 0 aromatic rings. The first-order valence-electron chi connectivity index (χ1n) is 2.34. The van der Waals surface area contributed by atoms with Crippen molar-refractivity contribution in [2.45, 2.75) is 24.4 Å². The van der Waals surface area contributed by atoms with Crippen LogP contribution in [0.1, 0.15) is 12.8 Å². The molecule has 62 valence electrons. The topological polar surface area (TPSA) is 0 Å². The Morgan fingerprint density at radius 2 is 1.30 bits per heavy atom. The van der Waals surface area contributed by atoms with Crippen LogP contribution in [0.25, 0.3) is 0 Å². The quantitative estimate of drug-likeness (QED) is 0.455. The fourth-order valence-electron chi connectivity index (χ4n) is 0.283. The number of hydrogen-bond donors (Lipinski definition) is 0. The summed E-state index contributed by atoms with van der Waals surface area (Å²) in [7, 11) is 0. The van der Waals surface area contributed by atoms with Crippen molar-refractivity contribution in [2.24, 2.45) is 0 Å². The highest BCUT2D eigenvalue weighted by Crippen LogP contribution is 2.31. The Bertz CT molecular complexity index is 87.2. The molecule has 0 spiro atoms. The minimum absolute atomic E-state index is 1.36. The molecule has 0 bridgehead atoms.